The Bertz CT molecular complexity index is 1120. The SMILES string of the molecule is COC(=O)c1sc2nc(C)[nH]c(=O)c2c1CC(=O)Nc1cc(C)ccc1F. The van der Waals surface area contributed by atoms with Crippen LogP contribution in [0.2, 0.25) is 0 Å². The molecule has 3 rings (SSSR count). The molecule has 27 heavy (non-hydrogen) atoms. The standard InChI is InChI=1S/C18H16FN3O4S/c1-8-4-5-11(19)12(6-8)22-13(23)7-10-14-16(24)20-9(2)21-17(14)27-15(10)18(25)26-3/h4-6H,7H2,1-3H3,(H,22,23)(H,20,21,24). The van der Waals surface area contributed by atoms with Crippen molar-refractivity contribution in [1.29, 1.82) is 0 Å². The first-order valence-electron chi connectivity index (χ1n) is 7.96. The maximum Gasteiger partial charge on any atom is 0.348 e. The minimum absolute atomic E-state index is 0.0297. The van der Waals surface area contributed by atoms with Crippen molar-refractivity contribution in [3.63, 3.8) is 0 Å². The zero-order chi connectivity index (χ0) is 19.7. The fraction of sp³-hybridized carbons (Fsp3) is 0.222. The summed E-state index contributed by atoms with van der Waals surface area (Å²) in [5, 5.41) is 2.63. The van der Waals surface area contributed by atoms with Crippen LogP contribution in [0.25, 0.3) is 10.2 Å². The third kappa shape index (κ3) is 3.72. The van der Waals surface area contributed by atoms with Crippen LogP contribution in [0.15, 0.2) is 23.0 Å². The van der Waals surface area contributed by atoms with Gasteiger partial charge in [-0.3, -0.25) is 9.59 Å². The van der Waals surface area contributed by atoms with Crippen LogP contribution in [0, 0.1) is 19.7 Å². The Morgan fingerprint density at radius 1 is 1.33 bits per heavy atom. The Morgan fingerprint density at radius 2 is 2.07 bits per heavy atom. The van der Waals surface area contributed by atoms with Crippen molar-refractivity contribution >= 4 is 39.1 Å². The molecule has 2 aromatic heterocycles. The number of nitrogens with zero attached hydrogens (tertiary/aromatic N) is 1. The molecule has 2 N–H and O–H groups in total. The number of rotatable bonds is 4. The van der Waals surface area contributed by atoms with Gasteiger partial charge in [0.05, 0.1) is 24.6 Å². The number of aromatic nitrogens is 2. The number of hydrogen-bond acceptors (Lipinski definition) is 6. The Hall–Kier alpha value is -3.07. The fourth-order valence-electron chi connectivity index (χ4n) is 2.69. The van der Waals surface area contributed by atoms with Crippen molar-refractivity contribution in [2.45, 2.75) is 20.3 Å². The zero-order valence-electron chi connectivity index (χ0n) is 14.8. The molecule has 0 bridgehead atoms. The summed E-state index contributed by atoms with van der Waals surface area (Å²) in [7, 11) is 1.21. The molecular formula is C18H16FN3O4S. The lowest BCUT2D eigenvalue weighted by Gasteiger charge is -2.08. The summed E-state index contributed by atoms with van der Waals surface area (Å²) in [5.74, 6) is -1.42. The van der Waals surface area contributed by atoms with Gasteiger partial charge in [0, 0.05) is 5.56 Å². The number of fused-ring (bicyclic) bond motifs is 1. The summed E-state index contributed by atoms with van der Waals surface area (Å²) in [6, 6.07) is 4.33. The molecule has 0 fully saturated rings. The molecular weight excluding hydrogens is 373 g/mol. The molecule has 0 aliphatic rings. The van der Waals surface area contributed by atoms with E-state index in [0.29, 0.717) is 10.7 Å². The minimum atomic E-state index is -0.667. The van der Waals surface area contributed by atoms with E-state index in [2.05, 4.69) is 15.3 Å². The van der Waals surface area contributed by atoms with E-state index >= 15 is 0 Å². The van der Waals surface area contributed by atoms with Gasteiger partial charge in [-0.2, -0.15) is 0 Å². The van der Waals surface area contributed by atoms with Gasteiger partial charge in [-0.05, 0) is 31.5 Å². The van der Waals surface area contributed by atoms with Gasteiger partial charge < -0.3 is 15.0 Å². The van der Waals surface area contributed by atoms with E-state index in [0.717, 1.165) is 16.9 Å². The van der Waals surface area contributed by atoms with Crippen LogP contribution in [0.1, 0.15) is 26.6 Å². The van der Waals surface area contributed by atoms with Crippen LogP contribution >= 0.6 is 11.3 Å². The van der Waals surface area contributed by atoms with Gasteiger partial charge in [-0.15, -0.1) is 11.3 Å². The second-order valence-electron chi connectivity index (χ2n) is 5.94. The summed E-state index contributed by atoms with van der Waals surface area (Å²) < 4.78 is 18.6. The molecule has 0 saturated heterocycles. The Labute approximate surface area is 157 Å². The number of aromatic amines is 1. The molecule has 0 saturated carbocycles. The normalized spacial score (nSPS) is 10.8. The monoisotopic (exact) mass is 389 g/mol. The Balaban J connectivity index is 2.02. The quantitative estimate of drug-likeness (QED) is 0.668. The van der Waals surface area contributed by atoms with Crippen LogP contribution in [0.5, 0.6) is 0 Å². The number of halogens is 1. The average Bonchev–Trinajstić information content (AvgIpc) is 2.95. The maximum absolute atomic E-state index is 13.9. The topological polar surface area (TPSA) is 101 Å². The van der Waals surface area contributed by atoms with Gasteiger partial charge in [0.25, 0.3) is 5.56 Å². The molecule has 1 aromatic carbocycles. The highest BCUT2D eigenvalue weighted by atomic mass is 32.1. The van der Waals surface area contributed by atoms with E-state index < -0.39 is 23.3 Å². The molecule has 1 amide bonds. The molecule has 9 heteroatoms. The summed E-state index contributed by atoms with van der Waals surface area (Å²) >= 11 is 0.979. The lowest BCUT2D eigenvalue weighted by Crippen LogP contribution is -2.19. The van der Waals surface area contributed by atoms with Crippen molar-refractivity contribution in [2.75, 3.05) is 12.4 Å². The third-order valence-electron chi connectivity index (χ3n) is 3.88. The summed E-state index contributed by atoms with van der Waals surface area (Å²) in [6.45, 7) is 3.38. The number of anilines is 1. The molecule has 0 aliphatic carbocycles. The number of carbonyl (C=O) groups is 2. The zero-order valence-corrected chi connectivity index (χ0v) is 15.6. The molecule has 3 aromatic rings. The van der Waals surface area contributed by atoms with Crippen molar-refractivity contribution in [1.82, 2.24) is 9.97 Å². The highest BCUT2D eigenvalue weighted by molar-refractivity contribution is 7.20. The molecule has 140 valence electrons. The lowest BCUT2D eigenvalue weighted by molar-refractivity contribution is -0.115. The first-order valence-corrected chi connectivity index (χ1v) is 8.78. The highest BCUT2D eigenvalue weighted by Gasteiger charge is 2.24. The van der Waals surface area contributed by atoms with Crippen molar-refractivity contribution in [3.05, 3.63) is 56.2 Å². The molecule has 7 nitrogen and oxygen atoms in total. The van der Waals surface area contributed by atoms with Crippen LogP contribution < -0.4 is 10.9 Å². The molecule has 0 atom stereocenters. The van der Waals surface area contributed by atoms with E-state index in [-0.39, 0.29) is 27.9 Å². The number of carbonyl (C=O) groups excluding carboxylic acids is 2. The fourth-order valence-corrected chi connectivity index (χ4v) is 3.85. The van der Waals surface area contributed by atoms with Gasteiger partial charge in [-0.25, -0.2) is 14.2 Å². The van der Waals surface area contributed by atoms with Crippen LogP contribution in [-0.2, 0) is 16.0 Å². The van der Waals surface area contributed by atoms with Crippen LogP contribution in [0.3, 0.4) is 0 Å². The van der Waals surface area contributed by atoms with E-state index in [1.165, 1.54) is 19.2 Å². The number of esters is 1. The smallest absolute Gasteiger partial charge is 0.348 e. The van der Waals surface area contributed by atoms with Gasteiger partial charge in [0.2, 0.25) is 5.91 Å². The summed E-state index contributed by atoms with van der Waals surface area (Å²) in [6.07, 6.45) is -0.300. The third-order valence-corrected chi connectivity index (χ3v) is 4.99. The highest BCUT2D eigenvalue weighted by Crippen LogP contribution is 2.29. The summed E-state index contributed by atoms with van der Waals surface area (Å²) in [4.78, 5) is 44.1. The van der Waals surface area contributed by atoms with Gasteiger partial charge in [0.15, 0.2) is 0 Å². The second-order valence-corrected chi connectivity index (χ2v) is 6.94. The number of ether oxygens (including phenoxy) is 1. The largest absolute Gasteiger partial charge is 0.465 e. The average molecular weight is 389 g/mol. The number of H-pyrrole nitrogens is 1. The van der Waals surface area contributed by atoms with Crippen molar-refractivity contribution < 1.29 is 18.7 Å². The van der Waals surface area contributed by atoms with Gasteiger partial charge in [0.1, 0.15) is 21.3 Å². The number of benzene rings is 1. The Kier molecular flexibility index (Phi) is 5.04. The van der Waals surface area contributed by atoms with E-state index in [9.17, 15) is 18.8 Å². The maximum atomic E-state index is 13.9. The van der Waals surface area contributed by atoms with Crippen LogP contribution in [0.4, 0.5) is 10.1 Å². The minimum Gasteiger partial charge on any atom is -0.465 e. The van der Waals surface area contributed by atoms with Gasteiger partial charge >= 0.3 is 5.97 Å². The van der Waals surface area contributed by atoms with E-state index in [1.54, 1.807) is 19.9 Å². The molecule has 0 radical (unpaired) electrons. The van der Waals surface area contributed by atoms with Crippen LogP contribution in [-0.4, -0.2) is 29.0 Å². The first kappa shape index (κ1) is 18.7. The number of thiophene rings is 1. The van der Waals surface area contributed by atoms with Crippen molar-refractivity contribution in [2.24, 2.45) is 0 Å². The predicted molar refractivity (Wildman–Crippen MR) is 99.8 cm³/mol. The van der Waals surface area contributed by atoms with E-state index in [1.807, 2.05) is 0 Å². The molecule has 0 unspecified atom stereocenters. The number of aryl methyl sites for hydroxylation is 2. The molecule has 0 aliphatic heterocycles. The van der Waals surface area contributed by atoms with E-state index in [4.69, 9.17) is 4.74 Å². The first-order chi connectivity index (χ1) is 12.8. The number of amides is 1. The summed E-state index contributed by atoms with van der Waals surface area (Å²) in [5.41, 5.74) is 0.565. The van der Waals surface area contributed by atoms with Gasteiger partial charge in [-0.1, -0.05) is 6.07 Å². The number of hydrogen-bond donors (Lipinski definition) is 2. The second kappa shape index (κ2) is 7.28. The predicted octanol–water partition coefficient (Wildman–Crippen LogP) is 2.71. The number of methoxy groups -OCH3 is 1. The molecule has 0 spiro atoms. The Morgan fingerprint density at radius 3 is 2.78 bits per heavy atom. The molecule has 2 heterocycles. The van der Waals surface area contributed by atoms with Crippen molar-refractivity contribution in [3.8, 4) is 0 Å². The number of nitrogens with one attached hydrogen (secondary N) is 2. The lowest BCUT2D eigenvalue weighted by atomic mass is 10.1.